The highest BCUT2D eigenvalue weighted by molar-refractivity contribution is 8.18. The van der Waals surface area contributed by atoms with Gasteiger partial charge < -0.3 is 14.4 Å². The van der Waals surface area contributed by atoms with E-state index in [4.69, 9.17) is 14.6 Å². The molecule has 208 valence electrons. The highest BCUT2D eigenvalue weighted by Crippen LogP contribution is 2.34. The molecule has 0 radical (unpaired) electrons. The summed E-state index contributed by atoms with van der Waals surface area (Å²) in [7, 11) is 0. The number of carbonyl (C=O) groups is 1. The lowest BCUT2D eigenvalue weighted by Gasteiger charge is -2.35. The smallest absolute Gasteiger partial charge is 0.286 e. The summed E-state index contributed by atoms with van der Waals surface area (Å²) in [5.74, 6) is 0.165. The molecule has 2 atom stereocenters. The van der Waals surface area contributed by atoms with Crippen molar-refractivity contribution < 1.29 is 18.7 Å². The second-order valence-electron chi connectivity index (χ2n) is 10.1. The van der Waals surface area contributed by atoms with Gasteiger partial charge in [0, 0.05) is 30.4 Å². The Morgan fingerprint density at radius 3 is 2.41 bits per heavy atom. The Balaban J connectivity index is 1.26. The fourth-order valence-electron chi connectivity index (χ4n) is 4.90. The van der Waals surface area contributed by atoms with E-state index in [2.05, 4.69) is 9.89 Å². The number of aromatic nitrogens is 2. The molecule has 2 aliphatic heterocycles. The zero-order valence-corrected chi connectivity index (χ0v) is 23.6. The van der Waals surface area contributed by atoms with Gasteiger partial charge in [-0.05, 0) is 85.8 Å². The molecule has 41 heavy (non-hydrogen) atoms. The van der Waals surface area contributed by atoms with Crippen molar-refractivity contribution in [3.63, 3.8) is 0 Å². The molecule has 0 spiro atoms. The predicted octanol–water partition coefficient (Wildman–Crippen LogP) is 6.34. The highest BCUT2D eigenvalue weighted by atomic mass is 32.2. The number of amidine groups is 1. The molecule has 1 fully saturated rings. The molecule has 6 rings (SSSR count). The molecule has 1 amide bonds. The molecule has 0 aliphatic carbocycles. The number of halogens is 1. The van der Waals surface area contributed by atoms with Crippen LogP contribution in [0, 0.1) is 5.82 Å². The SMILES string of the molecule is CC1CN(C2=NC(=O)C(=Cc3cn(-c4ccccc4)nc3-c3ccc(OCc4ccc(F)cc4)cc3)S2)CC(C)O1. The van der Waals surface area contributed by atoms with E-state index in [1.54, 1.807) is 12.1 Å². The van der Waals surface area contributed by atoms with Gasteiger partial charge in [0.1, 0.15) is 18.2 Å². The third kappa shape index (κ3) is 6.26. The van der Waals surface area contributed by atoms with Crippen LogP contribution < -0.4 is 4.74 Å². The minimum atomic E-state index is -0.274. The quantitative estimate of drug-likeness (QED) is 0.253. The maximum absolute atomic E-state index is 13.2. The fraction of sp³-hybridized carbons (Fsp3) is 0.219. The largest absolute Gasteiger partial charge is 0.489 e. The zero-order valence-electron chi connectivity index (χ0n) is 22.7. The first-order valence-electron chi connectivity index (χ1n) is 13.5. The van der Waals surface area contributed by atoms with E-state index >= 15 is 0 Å². The van der Waals surface area contributed by atoms with Crippen LogP contribution in [0.15, 0.2) is 95.0 Å². The van der Waals surface area contributed by atoms with Gasteiger partial charge in [-0.3, -0.25) is 4.79 Å². The Kier molecular flexibility index (Phi) is 7.71. The Morgan fingerprint density at radius 2 is 1.71 bits per heavy atom. The minimum absolute atomic E-state index is 0.0727. The molecule has 1 aromatic heterocycles. The summed E-state index contributed by atoms with van der Waals surface area (Å²) >= 11 is 1.39. The number of ether oxygens (including phenoxy) is 2. The number of amides is 1. The van der Waals surface area contributed by atoms with Crippen LogP contribution in [0.1, 0.15) is 25.0 Å². The number of para-hydroxylation sites is 1. The number of nitrogens with zero attached hydrogens (tertiary/aromatic N) is 4. The molecule has 0 N–H and O–H groups in total. The summed E-state index contributed by atoms with van der Waals surface area (Å²) in [4.78, 5) is 20.0. The number of aliphatic imine (C=N–C) groups is 1. The molecule has 0 saturated carbocycles. The maximum atomic E-state index is 13.2. The molecule has 1 saturated heterocycles. The van der Waals surface area contributed by atoms with Crippen LogP contribution in [0.4, 0.5) is 4.39 Å². The third-order valence-corrected chi connectivity index (χ3v) is 7.84. The number of benzene rings is 3. The monoisotopic (exact) mass is 568 g/mol. The van der Waals surface area contributed by atoms with Gasteiger partial charge in [0.25, 0.3) is 5.91 Å². The first kappa shape index (κ1) is 27.0. The molecule has 9 heteroatoms. The molecule has 7 nitrogen and oxygen atoms in total. The van der Waals surface area contributed by atoms with Crippen molar-refractivity contribution in [1.82, 2.24) is 14.7 Å². The Morgan fingerprint density at radius 1 is 1.00 bits per heavy atom. The van der Waals surface area contributed by atoms with Gasteiger partial charge in [-0.1, -0.05) is 30.3 Å². The van der Waals surface area contributed by atoms with Gasteiger partial charge >= 0.3 is 0 Å². The van der Waals surface area contributed by atoms with E-state index in [0.29, 0.717) is 35.5 Å². The number of carbonyl (C=O) groups excluding carboxylic acids is 1. The zero-order chi connectivity index (χ0) is 28.3. The molecule has 3 heterocycles. The maximum Gasteiger partial charge on any atom is 0.286 e. The highest BCUT2D eigenvalue weighted by Gasteiger charge is 2.31. The molecule has 0 bridgehead atoms. The van der Waals surface area contributed by atoms with Crippen LogP contribution in [0.25, 0.3) is 23.0 Å². The standard InChI is InChI=1S/C32H29FN4O3S/c1-21-17-36(18-22(2)40-21)32-34-31(38)29(41-32)16-25-19-37(27-6-4-3-5-7-27)35-30(25)24-10-14-28(15-11-24)39-20-23-8-12-26(33)13-9-23/h3-16,19,21-22H,17-18,20H2,1-2H3. The lowest BCUT2D eigenvalue weighted by atomic mass is 10.1. The van der Waals surface area contributed by atoms with E-state index < -0.39 is 0 Å². The predicted molar refractivity (Wildman–Crippen MR) is 159 cm³/mol. The average molecular weight is 569 g/mol. The van der Waals surface area contributed by atoms with Crippen molar-refractivity contribution >= 4 is 28.9 Å². The molecule has 2 aliphatic rings. The molecular weight excluding hydrogens is 539 g/mol. The Labute approximate surface area is 242 Å². The Bertz CT molecular complexity index is 1590. The van der Waals surface area contributed by atoms with Gasteiger partial charge in [-0.2, -0.15) is 10.1 Å². The van der Waals surface area contributed by atoms with E-state index in [0.717, 1.165) is 28.1 Å². The topological polar surface area (TPSA) is 69.0 Å². The van der Waals surface area contributed by atoms with Gasteiger partial charge in [0.2, 0.25) is 0 Å². The van der Waals surface area contributed by atoms with Crippen molar-refractivity contribution in [2.45, 2.75) is 32.7 Å². The van der Waals surface area contributed by atoms with Crippen LogP contribution in [-0.4, -0.2) is 51.1 Å². The van der Waals surface area contributed by atoms with Crippen molar-refractivity contribution in [2.24, 2.45) is 4.99 Å². The van der Waals surface area contributed by atoms with Gasteiger partial charge in [-0.25, -0.2) is 9.07 Å². The first-order chi connectivity index (χ1) is 19.9. The molecule has 2 unspecified atom stereocenters. The molecule has 4 aromatic rings. The summed E-state index contributed by atoms with van der Waals surface area (Å²) < 4.78 is 26.8. The number of rotatable bonds is 6. The summed E-state index contributed by atoms with van der Waals surface area (Å²) in [5, 5.41) is 5.60. The van der Waals surface area contributed by atoms with Crippen molar-refractivity contribution in [3.8, 4) is 22.7 Å². The van der Waals surface area contributed by atoms with Crippen LogP contribution in [0.3, 0.4) is 0 Å². The van der Waals surface area contributed by atoms with E-state index in [1.165, 1.54) is 23.9 Å². The van der Waals surface area contributed by atoms with E-state index in [1.807, 2.05) is 85.4 Å². The van der Waals surface area contributed by atoms with Crippen LogP contribution in [0.2, 0.25) is 0 Å². The summed E-state index contributed by atoms with van der Waals surface area (Å²) in [6.45, 7) is 5.80. The number of thioether (sulfide) groups is 1. The lowest BCUT2D eigenvalue weighted by molar-refractivity contribution is -0.113. The summed E-state index contributed by atoms with van der Waals surface area (Å²) in [5.41, 5.74) is 4.23. The number of hydrogen-bond donors (Lipinski definition) is 0. The molecule has 3 aromatic carbocycles. The second-order valence-corrected chi connectivity index (χ2v) is 11.1. The van der Waals surface area contributed by atoms with Crippen LogP contribution in [0.5, 0.6) is 5.75 Å². The first-order valence-corrected chi connectivity index (χ1v) is 14.3. The van der Waals surface area contributed by atoms with Gasteiger partial charge in [0.05, 0.1) is 28.5 Å². The third-order valence-electron chi connectivity index (χ3n) is 6.80. The molecular formula is C32H29FN4O3S. The van der Waals surface area contributed by atoms with E-state index in [-0.39, 0.29) is 23.9 Å². The van der Waals surface area contributed by atoms with Crippen LogP contribution >= 0.6 is 11.8 Å². The number of morpholine rings is 1. The minimum Gasteiger partial charge on any atom is -0.489 e. The summed E-state index contributed by atoms with van der Waals surface area (Å²) in [6.07, 6.45) is 3.95. The fourth-order valence-corrected chi connectivity index (χ4v) is 5.82. The van der Waals surface area contributed by atoms with Gasteiger partial charge in [-0.15, -0.1) is 0 Å². The van der Waals surface area contributed by atoms with Crippen molar-refractivity contribution in [1.29, 1.82) is 0 Å². The normalized spacial score (nSPS) is 20.0. The summed E-state index contributed by atoms with van der Waals surface area (Å²) in [6, 6.07) is 23.8. The average Bonchev–Trinajstić information content (AvgIpc) is 3.57. The van der Waals surface area contributed by atoms with Gasteiger partial charge in [0.15, 0.2) is 5.17 Å². The lowest BCUT2D eigenvalue weighted by Crippen LogP contribution is -2.47. The van der Waals surface area contributed by atoms with Crippen LogP contribution in [-0.2, 0) is 16.1 Å². The van der Waals surface area contributed by atoms with Crippen molar-refractivity contribution in [3.05, 3.63) is 107 Å². The van der Waals surface area contributed by atoms with Crippen molar-refractivity contribution in [2.75, 3.05) is 13.1 Å². The Hall–Kier alpha value is -4.21. The van der Waals surface area contributed by atoms with E-state index in [9.17, 15) is 9.18 Å². The second kappa shape index (κ2) is 11.7. The number of hydrogen-bond acceptors (Lipinski definition) is 6.